The van der Waals surface area contributed by atoms with E-state index < -0.39 is 0 Å². The Morgan fingerprint density at radius 2 is 1.64 bits per heavy atom. The number of ether oxygens (including phenoxy) is 1. The molecule has 0 saturated carbocycles. The third-order valence-corrected chi connectivity index (χ3v) is 6.16. The molecule has 1 aromatic carbocycles. The van der Waals surface area contributed by atoms with Gasteiger partial charge in [0.1, 0.15) is 17.1 Å². The second-order valence-electron chi connectivity index (χ2n) is 8.11. The van der Waals surface area contributed by atoms with Crippen molar-refractivity contribution in [3.05, 3.63) is 57.3 Å². The number of urea groups is 1. The fourth-order valence-electron chi connectivity index (χ4n) is 4.00. The number of aryl methyl sites for hydroxylation is 3. The molecule has 33 heavy (non-hydrogen) atoms. The van der Waals surface area contributed by atoms with Crippen molar-refractivity contribution in [3.63, 3.8) is 0 Å². The molecule has 172 valence electrons. The summed E-state index contributed by atoms with van der Waals surface area (Å²) in [6.07, 6.45) is 3.23. The van der Waals surface area contributed by atoms with Gasteiger partial charge in [-0.25, -0.2) is 14.6 Å². The molecule has 0 bridgehead atoms. The molecule has 2 amide bonds. The number of hydrogen-bond acceptors (Lipinski definition) is 5. The van der Waals surface area contributed by atoms with Crippen LogP contribution in [0.25, 0.3) is 11.2 Å². The van der Waals surface area contributed by atoms with Crippen molar-refractivity contribution < 1.29 is 9.53 Å². The van der Waals surface area contributed by atoms with E-state index in [0.717, 1.165) is 22.3 Å². The molecule has 0 aliphatic heterocycles. The van der Waals surface area contributed by atoms with Gasteiger partial charge in [-0.3, -0.25) is 19.1 Å². The molecule has 3 heterocycles. The minimum absolute atomic E-state index is 0.184. The van der Waals surface area contributed by atoms with Crippen LogP contribution in [0.15, 0.2) is 29.3 Å². The van der Waals surface area contributed by atoms with Gasteiger partial charge in [0, 0.05) is 45.0 Å². The average molecular weight is 450 g/mol. The van der Waals surface area contributed by atoms with Gasteiger partial charge in [-0.05, 0) is 44.4 Å². The zero-order valence-corrected chi connectivity index (χ0v) is 19.8. The maximum Gasteiger partial charge on any atom is 0.329 e. The third kappa shape index (κ3) is 3.63. The van der Waals surface area contributed by atoms with Gasteiger partial charge in [0.25, 0.3) is 0 Å². The van der Waals surface area contributed by atoms with E-state index in [-0.39, 0.29) is 11.7 Å². The molecule has 0 aliphatic carbocycles. The highest BCUT2D eigenvalue weighted by atomic mass is 16.5. The third-order valence-electron chi connectivity index (χ3n) is 6.16. The van der Waals surface area contributed by atoms with E-state index >= 15 is 0 Å². The van der Waals surface area contributed by atoms with Crippen LogP contribution in [0, 0.1) is 27.7 Å². The van der Waals surface area contributed by atoms with Gasteiger partial charge in [0.2, 0.25) is 0 Å². The average Bonchev–Trinajstić information content (AvgIpc) is 3.29. The molecule has 10 heteroatoms. The van der Waals surface area contributed by atoms with Gasteiger partial charge < -0.3 is 10.1 Å². The Hall–Kier alpha value is -4.08. The van der Waals surface area contributed by atoms with E-state index in [1.165, 1.54) is 9.13 Å². The number of hydrogen-bond donors (Lipinski definition) is 2. The zero-order valence-electron chi connectivity index (χ0n) is 19.8. The van der Waals surface area contributed by atoms with Crippen LogP contribution in [-0.4, -0.2) is 29.9 Å². The summed E-state index contributed by atoms with van der Waals surface area (Å²) in [4.78, 5) is 29.5. The van der Waals surface area contributed by atoms with Gasteiger partial charge in [0.15, 0.2) is 11.4 Å². The normalized spacial score (nSPS) is 11.1. The Balaban J connectivity index is 1.76. The number of rotatable bonds is 4. The van der Waals surface area contributed by atoms with Crippen LogP contribution < -0.4 is 21.1 Å². The fourth-order valence-corrected chi connectivity index (χ4v) is 4.00. The van der Waals surface area contributed by atoms with E-state index in [0.29, 0.717) is 34.2 Å². The van der Waals surface area contributed by atoms with Crippen LogP contribution >= 0.6 is 0 Å². The molecular weight excluding hydrogens is 422 g/mol. The second-order valence-corrected chi connectivity index (χ2v) is 8.11. The van der Waals surface area contributed by atoms with Gasteiger partial charge in [-0.2, -0.15) is 5.10 Å². The van der Waals surface area contributed by atoms with Crippen molar-refractivity contribution in [1.82, 2.24) is 23.9 Å². The largest absolute Gasteiger partial charge is 0.454 e. The zero-order chi connectivity index (χ0) is 24.0. The first-order valence-electron chi connectivity index (χ1n) is 10.5. The van der Waals surface area contributed by atoms with Crippen LogP contribution in [-0.2, 0) is 21.1 Å². The lowest BCUT2D eigenvalue weighted by molar-refractivity contribution is 0.262. The molecule has 10 nitrogen and oxygen atoms in total. The number of benzene rings is 1. The predicted octanol–water partition coefficient (Wildman–Crippen LogP) is 3.68. The van der Waals surface area contributed by atoms with Gasteiger partial charge in [0.05, 0.1) is 11.9 Å². The van der Waals surface area contributed by atoms with E-state index in [4.69, 9.17) is 4.74 Å². The number of nitrogens with one attached hydrogen (secondary N) is 2. The van der Waals surface area contributed by atoms with E-state index in [2.05, 4.69) is 20.7 Å². The minimum atomic E-state index is -0.379. The van der Waals surface area contributed by atoms with Crippen LogP contribution in [0.4, 0.5) is 16.3 Å². The van der Waals surface area contributed by atoms with Crippen molar-refractivity contribution in [2.75, 3.05) is 10.6 Å². The molecule has 0 atom stereocenters. The number of fused-ring (bicyclic) bond motifs is 1. The summed E-state index contributed by atoms with van der Waals surface area (Å²) >= 11 is 0. The van der Waals surface area contributed by atoms with Crippen molar-refractivity contribution in [1.29, 1.82) is 0 Å². The number of carbonyl (C=O) groups is 1. The molecule has 0 spiro atoms. The summed E-state index contributed by atoms with van der Waals surface area (Å²) in [5, 5.41) is 9.82. The van der Waals surface area contributed by atoms with E-state index in [1.807, 2.05) is 27.7 Å². The first kappa shape index (κ1) is 22.1. The summed E-state index contributed by atoms with van der Waals surface area (Å²) in [5.74, 6) is 1.71. The van der Waals surface area contributed by atoms with E-state index in [9.17, 15) is 9.59 Å². The van der Waals surface area contributed by atoms with Crippen LogP contribution in [0.2, 0.25) is 0 Å². The smallest absolute Gasteiger partial charge is 0.329 e. The molecule has 4 rings (SSSR count). The number of aromatic nitrogens is 5. The first-order chi connectivity index (χ1) is 15.6. The number of carbonyl (C=O) groups excluding carboxylic acids is 1. The number of nitrogens with zero attached hydrogens (tertiary/aromatic N) is 5. The van der Waals surface area contributed by atoms with Crippen molar-refractivity contribution in [3.8, 4) is 11.5 Å². The van der Waals surface area contributed by atoms with E-state index in [1.54, 1.807) is 50.4 Å². The Kier molecular flexibility index (Phi) is 5.44. The molecule has 0 fully saturated rings. The summed E-state index contributed by atoms with van der Waals surface area (Å²) in [5.41, 5.74) is 5.30. The molecule has 4 aromatic rings. The number of pyridine rings is 1. The molecule has 0 aliphatic rings. The highest BCUT2D eigenvalue weighted by Crippen LogP contribution is 2.39. The van der Waals surface area contributed by atoms with Crippen molar-refractivity contribution >= 4 is 28.7 Å². The summed E-state index contributed by atoms with van der Waals surface area (Å²) in [6.45, 7) is 7.83. The van der Waals surface area contributed by atoms with Crippen molar-refractivity contribution in [2.45, 2.75) is 27.7 Å². The Bertz CT molecular complexity index is 1460. The fraction of sp³-hybridized carbons (Fsp3) is 0.304. The number of anilines is 2. The maximum atomic E-state index is 12.7. The molecule has 3 aromatic heterocycles. The second kappa shape index (κ2) is 8.12. The lowest BCUT2D eigenvalue weighted by Gasteiger charge is -2.21. The quantitative estimate of drug-likeness (QED) is 0.494. The Labute approximate surface area is 190 Å². The maximum absolute atomic E-state index is 12.7. The van der Waals surface area contributed by atoms with Crippen molar-refractivity contribution in [2.24, 2.45) is 21.1 Å². The van der Waals surface area contributed by atoms with Crippen LogP contribution in [0.1, 0.15) is 22.3 Å². The predicted molar refractivity (Wildman–Crippen MR) is 127 cm³/mol. The molecule has 0 radical (unpaired) electrons. The molecule has 0 unspecified atom stereocenters. The monoisotopic (exact) mass is 449 g/mol. The molecule has 0 saturated heterocycles. The lowest BCUT2D eigenvalue weighted by atomic mass is 9.97. The topological polar surface area (TPSA) is 108 Å². The minimum Gasteiger partial charge on any atom is -0.454 e. The molecule has 2 N–H and O–H groups in total. The summed E-state index contributed by atoms with van der Waals surface area (Å²) < 4.78 is 11.0. The SMILES string of the molecule is Cc1c(C)c(NC(=O)Nc2ccnn2C)c(C)c(Oc2ccnc3c2n(C)c(=O)n3C)c1C. The molecular formula is C23H27N7O3. The van der Waals surface area contributed by atoms with Gasteiger partial charge in [-0.1, -0.05) is 0 Å². The lowest BCUT2D eigenvalue weighted by Crippen LogP contribution is -2.22. The summed E-state index contributed by atoms with van der Waals surface area (Å²) in [7, 11) is 5.12. The first-order valence-corrected chi connectivity index (χ1v) is 10.5. The Morgan fingerprint density at radius 1 is 0.909 bits per heavy atom. The standard InChI is InChI=1S/C23H27N7O3/c1-12-13(2)18(27-22(31)26-17-9-11-25-30(17)7)15(4)20(14(12)3)33-16-8-10-24-21-19(16)28(5)23(32)29(21)6/h8-11H,1-7H3,(H2,26,27,31). The summed E-state index contributed by atoms with van der Waals surface area (Å²) in [6, 6.07) is 3.07. The van der Waals surface area contributed by atoms with Gasteiger partial charge >= 0.3 is 11.7 Å². The highest BCUT2D eigenvalue weighted by molar-refractivity contribution is 6.00. The van der Waals surface area contributed by atoms with Crippen LogP contribution in [0.5, 0.6) is 11.5 Å². The highest BCUT2D eigenvalue weighted by Gasteiger charge is 2.21. The van der Waals surface area contributed by atoms with Crippen LogP contribution in [0.3, 0.4) is 0 Å². The number of imidazole rings is 1. The van der Waals surface area contributed by atoms with Gasteiger partial charge in [-0.15, -0.1) is 0 Å². The Morgan fingerprint density at radius 3 is 2.30 bits per heavy atom. The number of amides is 2.